The Balaban J connectivity index is 0.000000107. The number of methoxy groups -OCH3 is 1. The Bertz CT molecular complexity index is 8460. The molecule has 0 saturated heterocycles. The third kappa shape index (κ3) is 13.1. The molecule has 26 rings (SSSR count). The van der Waals surface area contributed by atoms with Crippen LogP contribution in [0.1, 0.15) is 5.56 Å². The topological polar surface area (TPSA) is 60.8 Å². The molecule has 125 heavy (non-hydrogen) atoms. The number of hydrogen-bond donors (Lipinski definition) is 0. The summed E-state index contributed by atoms with van der Waals surface area (Å²) < 4.78 is 5.43. The fourth-order valence-corrected chi connectivity index (χ4v) is 21.0. The summed E-state index contributed by atoms with van der Waals surface area (Å²) in [7, 11) is 1.71. The first-order chi connectivity index (χ1) is 61.7. The Morgan fingerprint density at radius 3 is 0.840 bits per heavy atom. The SMILES string of the molecule is COc1ccc2cc(-c3ccc4ccc5c(-c6ccc7cc(C)ccc7c6)ccc6ccc3c4c65)ccc2c1.c1ccc(Sc2ccc3cc(-c4ccc5ccc6c(-c7ccc8cc(Sc9ccccc9)ccc8c7)ccc7ccc4c5c76)ccc3c2)cc1.c1ccc2nc(-c3ccc4ccc5c(-c6cnc7ccccc7n6)ccc6ccc3c4c65)cnc2c1. The van der Waals surface area contributed by atoms with E-state index in [4.69, 9.17) is 14.7 Å². The molecule has 5 nitrogen and oxygen atoms in total. The van der Waals surface area contributed by atoms with Crippen molar-refractivity contribution in [3.8, 4) is 72.8 Å². The van der Waals surface area contributed by atoms with Crippen LogP contribution in [0.2, 0.25) is 0 Å². The first-order valence-electron chi connectivity index (χ1n) is 42.4. The molecule has 2 heterocycles. The number of para-hydroxylation sites is 4. The maximum Gasteiger partial charge on any atom is 0.119 e. The lowest BCUT2D eigenvalue weighted by Crippen LogP contribution is -1.93. The predicted octanol–water partition coefficient (Wildman–Crippen LogP) is 32.9. The van der Waals surface area contributed by atoms with Crippen molar-refractivity contribution in [3.05, 3.63) is 418 Å². The Morgan fingerprint density at radius 1 is 0.208 bits per heavy atom. The van der Waals surface area contributed by atoms with Gasteiger partial charge in [-0.1, -0.05) is 320 Å². The number of aryl methyl sites for hydroxylation is 1. The van der Waals surface area contributed by atoms with E-state index in [1.54, 1.807) is 7.11 Å². The highest BCUT2D eigenvalue weighted by atomic mass is 32.2. The van der Waals surface area contributed by atoms with Crippen LogP contribution in [0.25, 0.3) is 229 Å². The number of nitrogens with zero attached hydrogens (tertiary/aromatic N) is 4. The molecule has 7 heteroatoms. The molecular formula is C118H74N4OS2. The second kappa shape index (κ2) is 30.3. The minimum absolute atomic E-state index is 0.882. The van der Waals surface area contributed by atoms with Gasteiger partial charge in [0.1, 0.15) is 5.75 Å². The van der Waals surface area contributed by atoms with Gasteiger partial charge in [-0.2, -0.15) is 0 Å². The molecule has 26 aromatic rings. The lowest BCUT2D eigenvalue weighted by Gasteiger charge is -2.17. The van der Waals surface area contributed by atoms with Gasteiger partial charge in [0.05, 0.1) is 53.0 Å². The Morgan fingerprint density at radius 2 is 0.480 bits per heavy atom. The number of aromatic nitrogens is 4. The number of benzene rings is 24. The minimum Gasteiger partial charge on any atom is -0.497 e. The molecule has 24 aromatic carbocycles. The van der Waals surface area contributed by atoms with E-state index in [0.717, 1.165) is 50.3 Å². The van der Waals surface area contributed by atoms with Crippen LogP contribution >= 0.6 is 23.5 Å². The largest absolute Gasteiger partial charge is 0.497 e. The quantitative estimate of drug-likeness (QED) is 0.120. The summed E-state index contributed by atoms with van der Waals surface area (Å²) in [5.74, 6) is 0.885. The molecule has 0 aliphatic heterocycles. The van der Waals surface area contributed by atoms with Crippen LogP contribution in [-0.4, -0.2) is 27.0 Å². The number of fused-ring (bicyclic) bond motifs is 6. The van der Waals surface area contributed by atoms with E-state index in [1.807, 2.05) is 90.5 Å². The summed E-state index contributed by atoms with van der Waals surface area (Å²) in [4.78, 5) is 24.2. The summed E-state index contributed by atoms with van der Waals surface area (Å²) in [6.07, 6.45) is 3.76. The summed E-state index contributed by atoms with van der Waals surface area (Å²) in [6, 6.07) is 145. The van der Waals surface area contributed by atoms with Crippen molar-refractivity contribution in [1.82, 2.24) is 19.9 Å². The smallest absolute Gasteiger partial charge is 0.119 e. The van der Waals surface area contributed by atoms with Crippen LogP contribution in [0.5, 0.6) is 5.75 Å². The summed E-state index contributed by atoms with van der Waals surface area (Å²) in [5, 5.41) is 33.0. The highest BCUT2D eigenvalue weighted by Crippen LogP contribution is 2.48. The molecular weight excluding hydrogens is 1550 g/mol. The third-order valence-corrected chi connectivity index (χ3v) is 27.3. The molecule has 584 valence electrons. The van der Waals surface area contributed by atoms with Gasteiger partial charge >= 0.3 is 0 Å². The molecule has 0 spiro atoms. The van der Waals surface area contributed by atoms with Gasteiger partial charge in [0.2, 0.25) is 0 Å². The van der Waals surface area contributed by atoms with Crippen LogP contribution < -0.4 is 4.74 Å². The monoisotopic (exact) mass is 1630 g/mol. The summed E-state index contributed by atoms with van der Waals surface area (Å²) in [5.41, 5.74) is 18.9. The maximum absolute atomic E-state index is 5.43. The van der Waals surface area contributed by atoms with Crippen LogP contribution in [0, 0.1) is 6.92 Å². The first kappa shape index (κ1) is 73.5. The highest BCUT2D eigenvalue weighted by molar-refractivity contribution is 7.99. The van der Waals surface area contributed by atoms with E-state index < -0.39 is 0 Å². The Hall–Kier alpha value is -15.4. The zero-order chi connectivity index (χ0) is 82.7. The number of hydrogen-bond acceptors (Lipinski definition) is 7. The molecule has 0 saturated carbocycles. The lowest BCUT2D eigenvalue weighted by atomic mass is 9.87. The van der Waals surface area contributed by atoms with Crippen LogP contribution in [0.4, 0.5) is 0 Å². The number of rotatable bonds is 11. The molecule has 0 bridgehead atoms. The molecule has 0 amide bonds. The molecule has 0 unspecified atom stereocenters. The normalized spacial score (nSPS) is 11.8. The van der Waals surface area contributed by atoms with Crippen molar-refractivity contribution < 1.29 is 4.74 Å². The van der Waals surface area contributed by atoms with Gasteiger partial charge in [0, 0.05) is 30.7 Å². The molecule has 2 aromatic heterocycles. The van der Waals surface area contributed by atoms with E-state index in [1.165, 1.54) is 210 Å². The van der Waals surface area contributed by atoms with Crippen molar-refractivity contribution in [2.75, 3.05) is 7.11 Å². The van der Waals surface area contributed by atoms with Gasteiger partial charge in [-0.05, 0) is 301 Å². The van der Waals surface area contributed by atoms with Gasteiger partial charge < -0.3 is 4.74 Å². The van der Waals surface area contributed by atoms with Crippen molar-refractivity contribution >= 4 is 186 Å². The van der Waals surface area contributed by atoms with E-state index >= 15 is 0 Å². The van der Waals surface area contributed by atoms with E-state index in [9.17, 15) is 0 Å². The second-order valence-corrected chi connectivity index (χ2v) is 35.0. The maximum atomic E-state index is 5.43. The fraction of sp³-hybridized carbons (Fsp3) is 0.0169. The van der Waals surface area contributed by atoms with E-state index in [-0.39, 0.29) is 0 Å². The van der Waals surface area contributed by atoms with E-state index in [2.05, 4.69) is 363 Å². The highest BCUT2D eigenvalue weighted by Gasteiger charge is 2.22. The Kier molecular flexibility index (Phi) is 17.8. The molecule has 0 N–H and O–H groups in total. The van der Waals surface area contributed by atoms with Gasteiger partial charge in [-0.3, -0.25) is 9.97 Å². The first-order valence-corrected chi connectivity index (χ1v) is 44.1. The number of ether oxygens (including phenoxy) is 1. The van der Waals surface area contributed by atoms with Crippen LogP contribution in [0.3, 0.4) is 0 Å². The molecule has 0 aliphatic rings. The predicted molar refractivity (Wildman–Crippen MR) is 532 cm³/mol. The van der Waals surface area contributed by atoms with Crippen LogP contribution in [-0.2, 0) is 0 Å². The third-order valence-electron chi connectivity index (χ3n) is 25.3. The van der Waals surface area contributed by atoms with Gasteiger partial charge in [0.15, 0.2) is 0 Å². The van der Waals surface area contributed by atoms with Gasteiger partial charge in [-0.15, -0.1) is 0 Å². The standard InChI is InChI=1S/C48H30S2.C38H26O.C32H18N4/c1-3-7-39(8-4-1)49-41-21-15-33-27-37(13-11-35(33)29-41)43-23-17-31-20-26-46-44(24-18-32-19-25-45(43)47(31)48(32)46)38-14-12-36-30-42(22-16-34(36)28-38)50-40-9-5-2-6-10-40;1-23-3-4-27-20-30(7-5-26(27)19-23)33-15-10-24-13-18-36-34(16-11-25-12-17-35(33)37(24)38(25)36)31-8-6-29-22-32(39-2)14-9-28(29)21-31;1-3-7-27-25(5-1)33-17-29(35-27)21-13-9-19-12-16-24-22(14-10-20-11-15-23(21)31(19)32(20)24)30-18-34-26-6-2-4-8-28(26)36-30/h1-30H;3-22H,1-2H3;1-18H. The summed E-state index contributed by atoms with van der Waals surface area (Å²) in [6.45, 7) is 2.15. The Labute approximate surface area is 729 Å². The minimum atomic E-state index is 0.882. The average molecular weight is 1630 g/mol. The lowest BCUT2D eigenvalue weighted by molar-refractivity contribution is 0.415. The van der Waals surface area contributed by atoms with Gasteiger partial charge in [0.25, 0.3) is 0 Å². The van der Waals surface area contributed by atoms with E-state index in [0.29, 0.717) is 0 Å². The zero-order valence-electron chi connectivity index (χ0n) is 68.3. The summed E-state index contributed by atoms with van der Waals surface area (Å²) >= 11 is 3.62. The van der Waals surface area contributed by atoms with Gasteiger partial charge in [-0.25, -0.2) is 9.97 Å². The van der Waals surface area contributed by atoms with Crippen molar-refractivity contribution in [3.63, 3.8) is 0 Å². The molecule has 0 fully saturated rings. The molecule has 0 radical (unpaired) electrons. The van der Waals surface area contributed by atoms with Crippen molar-refractivity contribution in [2.45, 2.75) is 26.5 Å². The average Bonchev–Trinajstić information content (AvgIpc) is 0.731. The second-order valence-electron chi connectivity index (χ2n) is 32.7. The van der Waals surface area contributed by atoms with Crippen LogP contribution in [0.15, 0.2) is 432 Å². The molecule has 0 aliphatic carbocycles. The van der Waals surface area contributed by atoms with Crippen molar-refractivity contribution in [2.24, 2.45) is 0 Å². The zero-order valence-corrected chi connectivity index (χ0v) is 69.9. The fourth-order valence-electron chi connectivity index (χ4n) is 19.2. The molecule has 0 atom stereocenters. The van der Waals surface area contributed by atoms with Crippen molar-refractivity contribution in [1.29, 1.82) is 0 Å².